The maximum atomic E-state index is 5.66. The minimum atomic E-state index is 0.235. The molecule has 19 heavy (non-hydrogen) atoms. The molecule has 0 aliphatic carbocycles. The van der Waals surface area contributed by atoms with Crippen LogP contribution in [0.4, 0.5) is 0 Å². The van der Waals surface area contributed by atoms with Gasteiger partial charge in [0.25, 0.3) is 0 Å². The Hall–Kier alpha value is -0.910. The molecule has 0 amide bonds. The van der Waals surface area contributed by atoms with Gasteiger partial charge in [0.05, 0.1) is 19.8 Å². The van der Waals surface area contributed by atoms with Crippen LogP contribution < -0.4 is 0 Å². The molecular formula is C14H23N3O2. The number of hydrogen-bond donors (Lipinski definition) is 0. The highest BCUT2D eigenvalue weighted by Crippen LogP contribution is 2.41. The Kier molecular flexibility index (Phi) is 3.60. The summed E-state index contributed by atoms with van der Waals surface area (Å²) in [6, 6.07) is 0. The van der Waals surface area contributed by atoms with E-state index in [4.69, 9.17) is 9.47 Å². The van der Waals surface area contributed by atoms with E-state index in [0.29, 0.717) is 5.92 Å². The summed E-state index contributed by atoms with van der Waals surface area (Å²) in [6.07, 6.45) is 3.93. The van der Waals surface area contributed by atoms with Crippen molar-refractivity contribution in [2.75, 3.05) is 46.6 Å². The molecule has 106 valence electrons. The summed E-state index contributed by atoms with van der Waals surface area (Å²) in [4.78, 5) is 6.81. The molecule has 5 nitrogen and oxygen atoms in total. The Balaban J connectivity index is 1.58. The van der Waals surface area contributed by atoms with Gasteiger partial charge < -0.3 is 18.9 Å². The molecule has 2 atom stereocenters. The first-order valence-electron chi connectivity index (χ1n) is 7.00. The first-order valence-corrected chi connectivity index (χ1v) is 7.00. The number of imidazole rings is 1. The zero-order valence-corrected chi connectivity index (χ0v) is 11.8. The summed E-state index contributed by atoms with van der Waals surface area (Å²) >= 11 is 0. The summed E-state index contributed by atoms with van der Waals surface area (Å²) in [7, 11) is 1.79. The van der Waals surface area contributed by atoms with Gasteiger partial charge in [0.1, 0.15) is 5.82 Å². The second-order valence-corrected chi connectivity index (χ2v) is 5.91. The molecule has 0 N–H and O–H groups in total. The maximum Gasteiger partial charge on any atom is 0.105 e. The van der Waals surface area contributed by atoms with Crippen molar-refractivity contribution in [2.45, 2.75) is 13.5 Å². The van der Waals surface area contributed by atoms with Crippen molar-refractivity contribution in [3.63, 3.8) is 0 Å². The number of nitrogens with zero attached hydrogens (tertiary/aromatic N) is 3. The van der Waals surface area contributed by atoms with Crippen LogP contribution in [0.15, 0.2) is 12.4 Å². The molecule has 0 unspecified atom stereocenters. The molecule has 3 rings (SSSR count). The number of likely N-dealkylation sites (tertiary alicyclic amines) is 1. The van der Waals surface area contributed by atoms with Crippen LogP contribution in [0.5, 0.6) is 0 Å². The molecule has 0 saturated carbocycles. The lowest BCUT2D eigenvalue weighted by Gasteiger charge is -2.26. The number of rotatable bonds is 5. The molecule has 0 aromatic carbocycles. The van der Waals surface area contributed by atoms with Crippen LogP contribution in [0.3, 0.4) is 0 Å². The number of aromatic nitrogens is 2. The van der Waals surface area contributed by atoms with Crippen molar-refractivity contribution in [2.24, 2.45) is 11.3 Å². The zero-order valence-electron chi connectivity index (χ0n) is 11.8. The van der Waals surface area contributed by atoms with Crippen LogP contribution in [0.2, 0.25) is 0 Å². The molecule has 1 aromatic heterocycles. The molecule has 2 aliphatic rings. The fourth-order valence-corrected chi connectivity index (χ4v) is 3.49. The molecule has 3 heterocycles. The highest BCUT2D eigenvalue weighted by molar-refractivity contribution is 5.00. The second-order valence-electron chi connectivity index (χ2n) is 5.91. The summed E-state index contributed by atoms with van der Waals surface area (Å²) in [5, 5.41) is 0. The lowest BCUT2D eigenvalue weighted by molar-refractivity contribution is 0.0537. The number of hydrogen-bond acceptors (Lipinski definition) is 4. The molecule has 0 spiro atoms. The molecule has 2 saturated heterocycles. The third-order valence-electron chi connectivity index (χ3n) is 4.60. The normalized spacial score (nSPS) is 30.9. The van der Waals surface area contributed by atoms with E-state index in [0.717, 1.165) is 51.8 Å². The second kappa shape index (κ2) is 5.23. The van der Waals surface area contributed by atoms with E-state index in [-0.39, 0.29) is 5.41 Å². The summed E-state index contributed by atoms with van der Waals surface area (Å²) in [6.45, 7) is 8.95. The van der Waals surface area contributed by atoms with Crippen molar-refractivity contribution in [1.82, 2.24) is 14.5 Å². The smallest absolute Gasteiger partial charge is 0.105 e. The first kappa shape index (κ1) is 13.1. The predicted molar refractivity (Wildman–Crippen MR) is 72.0 cm³/mol. The maximum absolute atomic E-state index is 5.66. The van der Waals surface area contributed by atoms with E-state index in [1.165, 1.54) is 0 Å². The van der Waals surface area contributed by atoms with Crippen molar-refractivity contribution in [1.29, 1.82) is 0 Å². The van der Waals surface area contributed by atoms with Gasteiger partial charge in [-0.2, -0.15) is 0 Å². The molecule has 2 aliphatic heterocycles. The quantitative estimate of drug-likeness (QED) is 0.789. The van der Waals surface area contributed by atoms with Crippen LogP contribution in [-0.2, 0) is 16.0 Å². The third-order valence-corrected chi connectivity index (χ3v) is 4.60. The average molecular weight is 265 g/mol. The largest absolute Gasteiger partial charge is 0.384 e. The Bertz CT molecular complexity index is 434. The Labute approximate surface area is 114 Å². The number of aryl methyl sites for hydroxylation is 1. The summed E-state index contributed by atoms with van der Waals surface area (Å²) in [5.41, 5.74) is 0.235. The monoisotopic (exact) mass is 265 g/mol. The fraction of sp³-hybridized carbons (Fsp3) is 0.786. The van der Waals surface area contributed by atoms with Gasteiger partial charge in [-0.15, -0.1) is 0 Å². The van der Waals surface area contributed by atoms with E-state index in [1.807, 2.05) is 6.20 Å². The molecule has 1 aromatic rings. The van der Waals surface area contributed by atoms with E-state index in [9.17, 15) is 0 Å². The van der Waals surface area contributed by atoms with Gasteiger partial charge in [-0.25, -0.2) is 4.98 Å². The van der Waals surface area contributed by atoms with Gasteiger partial charge in [0, 0.05) is 57.0 Å². The van der Waals surface area contributed by atoms with Gasteiger partial charge in [0.2, 0.25) is 0 Å². The number of fused-ring (bicyclic) bond motifs is 1. The summed E-state index contributed by atoms with van der Waals surface area (Å²) in [5.74, 6) is 1.73. The van der Waals surface area contributed by atoms with Crippen LogP contribution in [0.25, 0.3) is 0 Å². The Morgan fingerprint density at radius 3 is 3.16 bits per heavy atom. The lowest BCUT2D eigenvalue weighted by Crippen LogP contribution is -2.35. The van der Waals surface area contributed by atoms with Gasteiger partial charge in [-0.05, 0) is 6.92 Å². The van der Waals surface area contributed by atoms with Crippen molar-refractivity contribution < 1.29 is 9.47 Å². The van der Waals surface area contributed by atoms with Crippen LogP contribution in [0.1, 0.15) is 5.82 Å². The Morgan fingerprint density at radius 1 is 1.53 bits per heavy atom. The lowest BCUT2D eigenvalue weighted by atomic mass is 9.82. The van der Waals surface area contributed by atoms with Crippen molar-refractivity contribution in [3.05, 3.63) is 18.2 Å². The zero-order chi connectivity index (χ0) is 13.3. The topological polar surface area (TPSA) is 39.5 Å². The van der Waals surface area contributed by atoms with E-state index >= 15 is 0 Å². The Morgan fingerprint density at radius 2 is 2.42 bits per heavy atom. The van der Waals surface area contributed by atoms with Crippen LogP contribution >= 0.6 is 0 Å². The first-order chi connectivity index (χ1) is 9.23. The highest BCUT2D eigenvalue weighted by atomic mass is 16.5. The van der Waals surface area contributed by atoms with Crippen molar-refractivity contribution >= 4 is 0 Å². The van der Waals surface area contributed by atoms with Crippen LogP contribution in [0, 0.1) is 18.3 Å². The third kappa shape index (κ3) is 2.42. The van der Waals surface area contributed by atoms with Gasteiger partial charge >= 0.3 is 0 Å². The summed E-state index contributed by atoms with van der Waals surface area (Å²) < 4.78 is 13.3. The number of ether oxygens (including phenoxy) is 2. The van der Waals surface area contributed by atoms with E-state index in [2.05, 4.69) is 27.6 Å². The average Bonchev–Trinajstić information content (AvgIpc) is 3.01. The van der Waals surface area contributed by atoms with Gasteiger partial charge in [-0.1, -0.05) is 0 Å². The molecule has 2 fully saturated rings. The SMILES string of the molecule is COC[C@@]12COC[C@@H]1CN(CCn1ccnc1C)C2. The van der Waals surface area contributed by atoms with Gasteiger partial charge in [-0.3, -0.25) is 0 Å². The number of methoxy groups -OCH3 is 1. The van der Waals surface area contributed by atoms with E-state index in [1.54, 1.807) is 7.11 Å². The standard InChI is InChI=1S/C14H23N3O2/c1-12-15-3-4-17(12)6-5-16-7-13-8-19-11-14(13,9-16)10-18-2/h3-4,13H,5-11H2,1-2H3/t13-,14-/m0/s1. The molecule has 0 radical (unpaired) electrons. The fourth-order valence-electron chi connectivity index (χ4n) is 3.49. The van der Waals surface area contributed by atoms with Gasteiger partial charge in [0.15, 0.2) is 0 Å². The van der Waals surface area contributed by atoms with Crippen molar-refractivity contribution in [3.8, 4) is 0 Å². The predicted octanol–water partition coefficient (Wildman–Crippen LogP) is 0.786. The molecular weight excluding hydrogens is 242 g/mol. The van der Waals surface area contributed by atoms with Crippen LogP contribution in [-0.4, -0.2) is 61.0 Å². The molecule has 0 bridgehead atoms. The highest BCUT2D eigenvalue weighted by Gasteiger charge is 2.50. The molecule has 5 heteroatoms. The minimum absolute atomic E-state index is 0.235. The minimum Gasteiger partial charge on any atom is -0.384 e. The van der Waals surface area contributed by atoms with E-state index < -0.39 is 0 Å².